The zero-order chi connectivity index (χ0) is 13.3. The van der Waals surface area contributed by atoms with E-state index in [9.17, 15) is 8.42 Å². The highest BCUT2D eigenvalue weighted by molar-refractivity contribution is 9.10. The van der Waals surface area contributed by atoms with Crippen LogP contribution in [0.15, 0.2) is 33.9 Å². The summed E-state index contributed by atoms with van der Waals surface area (Å²) in [5, 5.41) is 6.19. The largest absolute Gasteiger partial charge is 0.284 e. The maximum atomic E-state index is 12.1. The molecule has 0 unspecified atom stereocenters. The molecule has 0 spiro atoms. The smallest absolute Gasteiger partial charge is 0.264 e. The van der Waals surface area contributed by atoms with E-state index in [1.807, 2.05) is 0 Å². The van der Waals surface area contributed by atoms with Gasteiger partial charge in [0, 0.05) is 10.7 Å². The van der Waals surface area contributed by atoms with E-state index in [0.29, 0.717) is 10.2 Å². The van der Waals surface area contributed by atoms with Gasteiger partial charge in [-0.25, -0.2) is 8.42 Å². The Labute approximate surface area is 122 Å². The molecule has 2 aromatic rings. The van der Waals surface area contributed by atoms with Gasteiger partial charge in [0.25, 0.3) is 10.0 Å². The monoisotopic (exact) mass is 369 g/mol. The molecule has 0 aliphatic rings. The van der Waals surface area contributed by atoms with E-state index >= 15 is 0 Å². The zero-order valence-corrected chi connectivity index (χ0v) is 12.5. The molecule has 0 amide bonds. The molecular weight excluding hydrogens is 365 g/mol. The standard InChI is InChI=1S/C9H6BrCl2N3O2S/c10-5-1-7(11)9(8(12)2-5)18(16,17)15-6-3-13-14-4-6/h1-4,15H,(H,13,14). The summed E-state index contributed by atoms with van der Waals surface area (Å²) < 4.78 is 27.1. The van der Waals surface area contributed by atoms with Gasteiger partial charge in [0.15, 0.2) is 0 Å². The predicted molar refractivity (Wildman–Crippen MR) is 73.6 cm³/mol. The first-order valence-corrected chi connectivity index (χ1v) is 7.59. The zero-order valence-electron chi connectivity index (χ0n) is 8.62. The van der Waals surface area contributed by atoms with Gasteiger partial charge in [-0.1, -0.05) is 39.1 Å². The number of hydrogen-bond acceptors (Lipinski definition) is 3. The van der Waals surface area contributed by atoms with Crippen LogP contribution >= 0.6 is 39.1 Å². The molecule has 2 rings (SSSR count). The predicted octanol–water partition coefficient (Wildman–Crippen LogP) is 3.28. The van der Waals surface area contributed by atoms with Crippen LogP contribution in [0.25, 0.3) is 0 Å². The van der Waals surface area contributed by atoms with Crippen LogP contribution < -0.4 is 4.72 Å². The van der Waals surface area contributed by atoms with Gasteiger partial charge in [-0.3, -0.25) is 9.82 Å². The van der Waals surface area contributed by atoms with Crippen LogP contribution in [0.5, 0.6) is 0 Å². The molecular formula is C9H6BrCl2N3O2S. The average Bonchev–Trinajstić information content (AvgIpc) is 2.66. The summed E-state index contributed by atoms with van der Waals surface area (Å²) in [5.74, 6) is 0. The van der Waals surface area contributed by atoms with E-state index in [-0.39, 0.29) is 14.9 Å². The highest BCUT2D eigenvalue weighted by atomic mass is 79.9. The Bertz CT molecular complexity index is 650. The molecule has 0 fully saturated rings. The topological polar surface area (TPSA) is 74.8 Å². The minimum absolute atomic E-state index is 0.0327. The maximum Gasteiger partial charge on any atom is 0.264 e. The second kappa shape index (κ2) is 5.08. The fourth-order valence-electron chi connectivity index (χ4n) is 1.30. The van der Waals surface area contributed by atoms with Crippen molar-refractivity contribution < 1.29 is 8.42 Å². The number of aromatic nitrogens is 2. The lowest BCUT2D eigenvalue weighted by molar-refractivity contribution is 0.601. The second-order valence-corrected chi connectivity index (χ2v) is 6.64. The highest BCUT2D eigenvalue weighted by Crippen LogP contribution is 2.33. The number of hydrogen-bond donors (Lipinski definition) is 2. The minimum Gasteiger partial charge on any atom is -0.284 e. The van der Waals surface area contributed by atoms with Crippen LogP contribution in [0, 0.1) is 0 Å². The highest BCUT2D eigenvalue weighted by Gasteiger charge is 2.22. The third kappa shape index (κ3) is 2.80. The van der Waals surface area contributed by atoms with Gasteiger partial charge in [0.05, 0.1) is 21.9 Å². The molecule has 0 bridgehead atoms. The van der Waals surface area contributed by atoms with E-state index in [1.165, 1.54) is 24.5 Å². The van der Waals surface area contributed by atoms with Crippen molar-refractivity contribution in [2.24, 2.45) is 0 Å². The molecule has 5 nitrogen and oxygen atoms in total. The molecule has 0 aliphatic heterocycles. The van der Waals surface area contributed by atoms with Crippen LogP contribution in [0.4, 0.5) is 5.69 Å². The summed E-state index contributed by atoms with van der Waals surface area (Å²) in [7, 11) is -3.86. The number of sulfonamides is 1. The molecule has 2 N–H and O–H groups in total. The van der Waals surface area contributed by atoms with E-state index in [4.69, 9.17) is 23.2 Å². The number of H-pyrrole nitrogens is 1. The fourth-order valence-corrected chi connectivity index (χ4v) is 4.27. The summed E-state index contributed by atoms with van der Waals surface area (Å²) in [6.45, 7) is 0. The van der Waals surface area contributed by atoms with Crippen LogP contribution in [-0.2, 0) is 10.0 Å². The van der Waals surface area contributed by atoms with Gasteiger partial charge < -0.3 is 0 Å². The van der Waals surface area contributed by atoms with Crippen molar-refractivity contribution in [3.63, 3.8) is 0 Å². The van der Waals surface area contributed by atoms with Crippen LogP contribution in [0.3, 0.4) is 0 Å². The molecule has 1 aromatic carbocycles. The lowest BCUT2D eigenvalue weighted by Gasteiger charge is -2.09. The van der Waals surface area contributed by atoms with Crippen LogP contribution in [0.2, 0.25) is 10.0 Å². The Morgan fingerprint density at radius 3 is 2.39 bits per heavy atom. The first kappa shape index (κ1) is 13.7. The van der Waals surface area contributed by atoms with Crippen molar-refractivity contribution in [3.8, 4) is 0 Å². The van der Waals surface area contributed by atoms with E-state index < -0.39 is 10.0 Å². The lowest BCUT2D eigenvalue weighted by atomic mass is 10.4. The number of aromatic amines is 1. The van der Waals surface area contributed by atoms with Gasteiger partial charge >= 0.3 is 0 Å². The Kier molecular flexibility index (Phi) is 3.86. The Morgan fingerprint density at radius 1 is 1.28 bits per heavy atom. The molecule has 0 saturated heterocycles. The van der Waals surface area contributed by atoms with Crippen molar-refractivity contribution in [2.45, 2.75) is 4.90 Å². The molecule has 18 heavy (non-hydrogen) atoms. The lowest BCUT2D eigenvalue weighted by Crippen LogP contribution is -2.13. The summed E-state index contributed by atoms with van der Waals surface area (Å²) in [4.78, 5) is -0.171. The number of benzene rings is 1. The third-order valence-electron chi connectivity index (χ3n) is 1.98. The Morgan fingerprint density at radius 2 is 1.89 bits per heavy atom. The van der Waals surface area contributed by atoms with Crippen molar-refractivity contribution in [1.82, 2.24) is 10.2 Å². The molecule has 0 radical (unpaired) electrons. The number of anilines is 1. The van der Waals surface area contributed by atoms with Gasteiger partial charge in [-0.2, -0.15) is 5.10 Å². The molecule has 0 atom stereocenters. The first-order chi connectivity index (χ1) is 8.40. The van der Waals surface area contributed by atoms with Crippen LogP contribution in [0.1, 0.15) is 0 Å². The summed E-state index contributed by atoms with van der Waals surface area (Å²) in [5.41, 5.74) is 0.296. The fraction of sp³-hybridized carbons (Fsp3) is 0. The SMILES string of the molecule is O=S(=O)(Nc1cn[nH]c1)c1c(Cl)cc(Br)cc1Cl. The minimum atomic E-state index is -3.86. The van der Waals surface area contributed by atoms with Gasteiger partial charge in [0.1, 0.15) is 4.90 Å². The Hall–Kier alpha value is -0.760. The van der Waals surface area contributed by atoms with Gasteiger partial charge in [0.2, 0.25) is 0 Å². The van der Waals surface area contributed by atoms with Crippen LogP contribution in [-0.4, -0.2) is 18.6 Å². The molecule has 0 aliphatic carbocycles. The summed E-state index contributed by atoms with van der Waals surface area (Å²) >= 11 is 15.0. The summed E-state index contributed by atoms with van der Waals surface area (Å²) in [6.07, 6.45) is 2.73. The third-order valence-corrected chi connectivity index (χ3v) is 4.74. The molecule has 9 heteroatoms. The van der Waals surface area contributed by atoms with Crippen molar-refractivity contribution in [2.75, 3.05) is 4.72 Å². The van der Waals surface area contributed by atoms with E-state index in [2.05, 4.69) is 30.8 Å². The summed E-state index contributed by atoms with van der Waals surface area (Å²) in [6, 6.07) is 2.91. The van der Waals surface area contributed by atoms with Gasteiger partial charge in [-0.05, 0) is 12.1 Å². The van der Waals surface area contributed by atoms with E-state index in [0.717, 1.165) is 0 Å². The number of nitrogens with one attached hydrogen (secondary N) is 2. The van der Waals surface area contributed by atoms with E-state index in [1.54, 1.807) is 0 Å². The average molecular weight is 371 g/mol. The molecule has 96 valence electrons. The molecule has 1 aromatic heterocycles. The normalized spacial score (nSPS) is 11.5. The maximum absolute atomic E-state index is 12.1. The number of nitrogens with zero attached hydrogens (tertiary/aromatic N) is 1. The second-order valence-electron chi connectivity index (χ2n) is 3.29. The van der Waals surface area contributed by atoms with Crippen molar-refractivity contribution in [3.05, 3.63) is 39.0 Å². The molecule has 0 saturated carbocycles. The quantitative estimate of drug-likeness (QED) is 0.870. The van der Waals surface area contributed by atoms with Crippen molar-refractivity contribution >= 4 is 54.8 Å². The molecule has 1 heterocycles. The number of rotatable bonds is 3. The van der Waals surface area contributed by atoms with Crippen molar-refractivity contribution in [1.29, 1.82) is 0 Å². The first-order valence-electron chi connectivity index (χ1n) is 4.56. The Balaban J connectivity index is 2.48. The number of halogens is 3. The van der Waals surface area contributed by atoms with Gasteiger partial charge in [-0.15, -0.1) is 0 Å².